The summed E-state index contributed by atoms with van der Waals surface area (Å²) in [6, 6.07) is 11.6. The van der Waals surface area contributed by atoms with Crippen LogP contribution in [-0.4, -0.2) is 38.1 Å². The molecule has 11 nitrogen and oxygen atoms in total. The molecule has 0 aliphatic carbocycles. The number of carbonyl (C=O) groups excluding carboxylic acids is 1. The van der Waals surface area contributed by atoms with Crippen LogP contribution in [0.3, 0.4) is 0 Å². The van der Waals surface area contributed by atoms with Crippen molar-refractivity contribution in [1.82, 2.24) is 4.57 Å². The average molecular weight is 586 g/mol. The molecular weight excluding hydrogens is 558 g/mol. The quantitative estimate of drug-likeness (QED) is 0.129. The lowest BCUT2D eigenvalue weighted by molar-refractivity contribution is -0.135. The number of nitrogens with zero attached hydrogens (tertiary/aromatic N) is 1. The highest BCUT2D eigenvalue weighted by Gasteiger charge is 2.36. The number of carbonyl (C=O) groups is 1. The minimum atomic E-state index is -0.986. The molecule has 0 spiro atoms. The first kappa shape index (κ1) is 27.7. The fraction of sp³-hybridized carbons (Fsp3) is 0.219. The summed E-state index contributed by atoms with van der Waals surface area (Å²) < 4.78 is 18.5. The van der Waals surface area contributed by atoms with Crippen molar-refractivity contribution in [2.75, 3.05) is 7.11 Å². The number of hydrogen-bond acceptors (Lipinski definition) is 10. The van der Waals surface area contributed by atoms with E-state index in [9.17, 15) is 34.8 Å². The molecule has 0 saturated heterocycles. The molecule has 3 heterocycles. The second-order valence-corrected chi connectivity index (χ2v) is 10.9. The number of aromatic hydroxyl groups is 4. The predicted molar refractivity (Wildman–Crippen MR) is 156 cm³/mol. The van der Waals surface area contributed by atoms with Crippen molar-refractivity contribution in [2.45, 2.75) is 32.7 Å². The second-order valence-electron chi connectivity index (χ2n) is 10.9. The Morgan fingerprint density at radius 1 is 0.953 bits per heavy atom. The minimum absolute atomic E-state index is 0.0466. The van der Waals surface area contributed by atoms with Gasteiger partial charge in [-0.3, -0.25) is 14.4 Å². The summed E-state index contributed by atoms with van der Waals surface area (Å²) in [5.41, 5.74) is -0.453. The summed E-state index contributed by atoms with van der Waals surface area (Å²) in [6.07, 6.45) is -0.279. The van der Waals surface area contributed by atoms with Gasteiger partial charge in [0.1, 0.15) is 28.2 Å². The number of methoxy groups -OCH3 is 1. The van der Waals surface area contributed by atoms with E-state index in [0.717, 1.165) is 18.2 Å². The number of phenols is 3. The molecule has 0 radical (unpaired) electrons. The summed E-state index contributed by atoms with van der Waals surface area (Å²) >= 11 is 0. The third-order valence-electron chi connectivity index (χ3n) is 7.55. The summed E-state index contributed by atoms with van der Waals surface area (Å²) in [6.45, 7) is 4.33. The van der Waals surface area contributed by atoms with Crippen molar-refractivity contribution in [3.05, 3.63) is 80.2 Å². The van der Waals surface area contributed by atoms with E-state index in [-0.39, 0.29) is 57.1 Å². The number of aromatic nitrogens is 1. The lowest BCUT2D eigenvalue weighted by Gasteiger charge is -2.27. The fourth-order valence-electron chi connectivity index (χ4n) is 5.62. The van der Waals surface area contributed by atoms with E-state index in [4.69, 9.17) is 13.9 Å². The average Bonchev–Trinajstić information content (AvgIpc) is 2.96. The first-order chi connectivity index (χ1) is 20.5. The molecule has 11 heteroatoms. The van der Waals surface area contributed by atoms with Gasteiger partial charge in [-0.15, -0.1) is 0 Å². The van der Waals surface area contributed by atoms with Crippen molar-refractivity contribution >= 4 is 27.8 Å². The zero-order chi connectivity index (χ0) is 30.7. The number of rotatable bonds is 5. The number of benzene rings is 3. The zero-order valence-corrected chi connectivity index (χ0v) is 23.4. The molecule has 0 amide bonds. The molecule has 1 aliphatic heterocycles. The van der Waals surface area contributed by atoms with Gasteiger partial charge in [-0.25, -0.2) is 0 Å². The fourth-order valence-corrected chi connectivity index (χ4v) is 5.62. The largest absolute Gasteiger partial charge is 0.507 e. The van der Waals surface area contributed by atoms with Crippen LogP contribution in [0.4, 0.5) is 0 Å². The Morgan fingerprint density at radius 2 is 1.72 bits per heavy atom. The third-order valence-corrected chi connectivity index (χ3v) is 7.55. The number of esters is 1. The van der Waals surface area contributed by atoms with Gasteiger partial charge in [0, 0.05) is 40.6 Å². The molecule has 4 N–H and O–H groups in total. The highest BCUT2D eigenvalue weighted by Crippen LogP contribution is 2.47. The molecule has 0 bridgehead atoms. The standard InChI is InChI=1S/C32H27NO10/c1-14(2)13-33-20-6-5-17(41-3)8-16(20)9-19(32(33)40)18-11-25(37)42-24-12-23(36)27-28(38)29(39)30(43-31(27)26(18)24)15-4-7-21(34)22(35)10-15/h4-10,12,14,18,34-36,39H,11,13H2,1-3H3/t18-/m0/s1. The smallest absolute Gasteiger partial charge is 0.312 e. The highest BCUT2D eigenvalue weighted by molar-refractivity contribution is 5.94. The molecule has 0 saturated carbocycles. The van der Waals surface area contributed by atoms with Gasteiger partial charge in [0.15, 0.2) is 17.3 Å². The van der Waals surface area contributed by atoms with Gasteiger partial charge in [0.2, 0.25) is 11.2 Å². The Bertz CT molecular complexity index is 2090. The molecule has 5 aromatic rings. The Morgan fingerprint density at radius 3 is 2.42 bits per heavy atom. The monoisotopic (exact) mass is 585 g/mol. The van der Waals surface area contributed by atoms with Crippen LogP contribution in [0.1, 0.15) is 37.3 Å². The molecule has 1 atom stereocenters. The van der Waals surface area contributed by atoms with Crippen LogP contribution < -0.4 is 20.5 Å². The Hall–Kier alpha value is -5.45. The van der Waals surface area contributed by atoms with Crippen molar-refractivity contribution in [1.29, 1.82) is 0 Å². The van der Waals surface area contributed by atoms with Crippen LogP contribution in [0.25, 0.3) is 33.2 Å². The molecule has 43 heavy (non-hydrogen) atoms. The van der Waals surface area contributed by atoms with E-state index in [1.807, 2.05) is 13.8 Å². The predicted octanol–water partition coefficient (Wildman–Crippen LogP) is 4.70. The molecule has 3 aromatic carbocycles. The Kier molecular flexibility index (Phi) is 6.52. The van der Waals surface area contributed by atoms with E-state index in [1.165, 1.54) is 13.2 Å². The van der Waals surface area contributed by atoms with Gasteiger partial charge in [0.25, 0.3) is 5.56 Å². The Labute approximate surface area is 243 Å². The summed E-state index contributed by atoms with van der Waals surface area (Å²) in [7, 11) is 1.53. The Balaban J connectivity index is 1.70. The number of ether oxygens (including phenoxy) is 2. The third kappa shape index (κ3) is 4.49. The maximum absolute atomic E-state index is 14.1. The molecule has 220 valence electrons. The maximum Gasteiger partial charge on any atom is 0.312 e. The number of phenolic OH excluding ortho intramolecular Hbond substituents is 3. The lowest BCUT2D eigenvalue weighted by Crippen LogP contribution is -2.31. The van der Waals surface area contributed by atoms with Gasteiger partial charge in [-0.05, 0) is 48.4 Å². The van der Waals surface area contributed by atoms with Crippen LogP contribution in [0.2, 0.25) is 0 Å². The topological polar surface area (TPSA) is 169 Å². The van der Waals surface area contributed by atoms with Crippen LogP contribution in [0.5, 0.6) is 34.5 Å². The highest BCUT2D eigenvalue weighted by atomic mass is 16.5. The van der Waals surface area contributed by atoms with Crippen LogP contribution in [0, 0.1) is 5.92 Å². The van der Waals surface area contributed by atoms with Gasteiger partial charge < -0.3 is 38.9 Å². The SMILES string of the molecule is COc1ccc2c(c1)cc([C@@H]1CC(=O)Oc3cc(O)c4c(=O)c(O)c(-c5ccc(O)c(O)c5)oc4c31)c(=O)n2CC(C)C. The zero-order valence-electron chi connectivity index (χ0n) is 23.4. The van der Waals surface area contributed by atoms with Gasteiger partial charge in [0.05, 0.1) is 19.0 Å². The van der Waals surface area contributed by atoms with E-state index in [0.29, 0.717) is 23.2 Å². The molecule has 0 fully saturated rings. The van der Waals surface area contributed by atoms with Crippen LogP contribution >= 0.6 is 0 Å². The van der Waals surface area contributed by atoms with E-state index in [1.54, 1.807) is 28.8 Å². The lowest BCUT2D eigenvalue weighted by atomic mass is 9.85. The van der Waals surface area contributed by atoms with Gasteiger partial charge in [-0.1, -0.05) is 13.8 Å². The van der Waals surface area contributed by atoms with Crippen molar-refractivity contribution < 1.29 is 39.1 Å². The van der Waals surface area contributed by atoms with Crippen molar-refractivity contribution in [2.24, 2.45) is 5.92 Å². The number of fused-ring (bicyclic) bond motifs is 4. The minimum Gasteiger partial charge on any atom is -0.507 e. The van der Waals surface area contributed by atoms with Gasteiger partial charge >= 0.3 is 5.97 Å². The molecule has 1 aliphatic rings. The van der Waals surface area contributed by atoms with Gasteiger partial charge in [-0.2, -0.15) is 0 Å². The van der Waals surface area contributed by atoms with Crippen LogP contribution in [-0.2, 0) is 11.3 Å². The van der Waals surface area contributed by atoms with Crippen LogP contribution in [0.15, 0.2) is 62.5 Å². The summed E-state index contributed by atoms with van der Waals surface area (Å²) in [5.74, 6) is -3.85. The normalized spacial score (nSPS) is 14.7. The molecule has 6 rings (SSSR count). The first-order valence-electron chi connectivity index (χ1n) is 13.5. The van der Waals surface area contributed by atoms with Crippen molar-refractivity contribution in [3.8, 4) is 45.8 Å². The van der Waals surface area contributed by atoms with Crippen molar-refractivity contribution in [3.63, 3.8) is 0 Å². The molecule has 2 aromatic heterocycles. The molecule has 0 unspecified atom stereocenters. The van der Waals surface area contributed by atoms with E-state index < -0.39 is 40.3 Å². The maximum atomic E-state index is 14.1. The number of hydrogen-bond donors (Lipinski definition) is 4. The first-order valence-corrected chi connectivity index (χ1v) is 13.5. The summed E-state index contributed by atoms with van der Waals surface area (Å²) in [4.78, 5) is 40.4. The second kappa shape index (κ2) is 10.1. The summed E-state index contributed by atoms with van der Waals surface area (Å²) in [5, 5.41) is 41.7. The number of pyridine rings is 1. The van der Waals surface area contributed by atoms with E-state index >= 15 is 0 Å². The molecular formula is C32H27NO10. The van der Waals surface area contributed by atoms with E-state index in [2.05, 4.69) is 0 Å².